The van der Waals surface area contributed by atoms with Gasteiger partial charge in [-0.05, 0) is 36.5 Å². The third kappa shape index (κ3) is 2.68. The number of halogens is 2. The van der Waals surface area contributed by atoms with Crippen LogP contribution in [0.4, 0.5) is 10.1 Å². The van der Waals surface area contributed by atoms with E-state index in [1.807, 2.05) is 22.6 Å². The van der Waals surface area contributed by atoms with Crippen LogP contribution in [-0.4, -0.2) is 10.3 Å². The molecule has 1 fully saturated rings. The summed E-state index contributed by atoms with van der Waals surface area (Å²) in [6, 6.07) is 4.94. The Morgan fingerprint density at radius 1 is 1.53 bits per heavy atom. The van der Waals surface area contributed by atoms with Crippen molar-refractivity contribution in [2.75, 3.05) is 9.74 Å². The predicted octanol–water partition coefficient (Wildman–Crippen LogP) is 3.08. The number of nitrogens with one attached hydrogen (secondary N) is 1. The average Bonchev–Trinajstić information content (AvgIpc) is 3.01. The van der Waals surface area contributed by atoms with Gasteiger partial charge in [0.25, 0.3) is 0 Å². The summed E-state index contributed by atoms with van der Waals surface area (Å²) in [4.78, 5) is 11.1. The smallest absolute Gasteiger partial charge is 0.234 e. The maximum absolute atomic E-state index is 13.5. The molecule has 0 aromatic heterocycles. The molecule has 1 aromatic carbocycles. The third-order valence-corrected chi connectivity index (χ3v) is 3.12. The first-order valence-corrected chi connectivity index (χ1v) is 6.38. The highest BCUT2D eigenvalue weighted by molar-refractivity contribution is 14.1. The van der Waals surface area contributed by atoms with E-state index in [0.717, 1.165) is 18.4 Å². The summed E-state index contributed by atoms with van der Waals surface area (Å²) in [5.74, 6) is 0.0947. The van der Waals surface area contributed by atoms with E-state index in [9.17, 15) is 9.18 Å². The molecule has 0 atom stereocenters. The molecule has 15 heavy (non-hydrogen) atoms. The van der Waals surface area contributed by atoms with Gasteiger partial charge in [-0.15, -0.1) is 0 Å². The van der Waals surface area contributed by atoms with E-state index in [4.69, 9.17) is 0 Å². The van der Waals surface area contributed by atoms with Crippen LogP contribution in [-0.2, 0) is 4.79 Å². The van der Waals surface area contributed by atoms with Gasteiger partial charge in [-0.3, -0.25) is 4.79 Å². The van der Waals surface area contributed by atoms with Crippen molar-refractivity contribution in [2.24, 2.45) is 0 Å². The van der Waals surface area contributed by atoms with Gasteiger partial charge < -0.3 is 5.32 Å². The standard InChI is InChI=1S/C11H11FINO/c12-10-5-8(14-11(15)6-13)3-4-9(10)7-1-2-7/h3-5,7H,1-2,6H2,(H,14,15). The van der Waals surface area contributed by atoms with Gasteiger partial charge in [-0.25, -0.2) is 4.39 Å². The van der Waals surface area contributed by atoms with Crippen LogP contribution in [0.1, 0.15) is 24.3 Å². The Hall–Kier alpha value is -0.650. The SMILES string of the molecule is O=C(CI)Nc1ccc(C2CC2)c(F)c1. The molecule has 0 aliphatic heterocycles. The second-order valence-electron chi connectivity index (χ2n) is 3.69. The van der Waals surface area contributed by atoms with Gasteiger partial charge >= 0.3 is 0 Å². The van der Waals surface area contributed by atoms with Crippen LogP contribution in [0.5, 0.6) is 0 Å². The second-order valence-corrected chi connectivity index (χ2v) is 4.46. The minimum absolute atomic E-state index is 0.103. The summed E-state index contributed by atoms with van der Waals surface area (Å²) < 4.78 is 13.9. The quantitative estimate of drug-likeness (QED) is 0.673. The van der Waals surface area contributed by atoms with Gasteiger partial charge in [-0.1, -0.05) is 28.7 Å². The fourth-order valence-corrected chi connectivity index (χ4v) is 1.72. The number of hydrogen-bond acceptors (Lipinski definition) is 1. The number of hydrogen-bond donors (Lipinski definition) is 1. The lowest BCUT2D eigenvalue weighted by molar-refractivity contribution is -0.113. The zero-order valence-corrected chi connectivity index (χ0v) is 10.3. The Balaban J connectivity index is 2.14. The number of alkyl halides is 1. The van der Waals surface area contributed by atoms with Gasteiger partial charge in [-0.2, -0.15) is 0 Å². The molecule has 1 saturated carbocycles. The van der Waals surface area contributed by atoms with Crippen molar-refractivity contribution in [3.8, 4) is 0 Å². The molecular formula is C11H11FINO. The van der Waals surface area contributed by atoms with Crippen LogP contribution in [0, 0.1) is 5.82 Å². The van der Waals surface area contributed by atoms with Crippen LogP contribution in [0.3, 0.4) is 0 Å². The molecule has 0 radical (unpaired) electrons. The molecular weight excluding hydrogens is 308 g/mol. The van der Waals surface area contributed by atoms with E-state index >= 15 is 0 Å². The van der Waals surface area contributed by atoms with Gasteiger partial charge in [0.05, 0.1) is 4.43 Å². The number of carbonyl (C=O) groups is 1. The average molecular weight is 319 g/mol. The third-order valence-electron chi connectivity index (χ3n) is 2.42. The molecule has 0 saturated heterocycles. The van der Waals surface area contributed by atoms with Crippen molar-refractivity contribution in [3.63, 3.8) is 0 Å². The summed E-state index contributed by atoms with van der Waals surface area (Å²) in [5, 5.41) is 2.63. The highest BCUT2D eigenvalue weighted by Crippen LogP contribution is 2.41. The second kappa shape index (κ2) is 4.47. The Bertz CT molecular complexity index is 390. The number of benzene rings is 1. The first-order valence-electron chi connectivity index (χ1n) is 4.86. The lowest BCUT2D eigenvalue weighted by atomic mass is 10.1. The minimum Gasteiger partial charge on any atom is -0.325 e. The number of anilines is 1. The maximum atomic E-state index is 13.5. The van der Waals surface area contributed by atoms with Crippen molar-refractivity contribution in [1.82, 2.24) is 0 Å². The van der Waals surface area contributed by atoms with E-state index in [1.165, 1.54) is 6.07 Å². The van der Waals surface area contributed by atoms with Crippen LogP contribution in [0.25, 0.3) is 0 Å². The van der Waals surface area contributed by atoms with Crippen molar-refractivity contribution in [1.29, 1.82) is 0 Å². The Morgan fingerprint density at radius 2 is 2.27 bits per heavy atom. The minimum atomic E-state index is -0.205. The Labute approximate surface area is 101 Å². The Kier molecular flexibility index (Phi) is 3.23. The molecule has 0 heterocycles. The summed E-state index contributed by atoms with van der Waals surface area (Å²) in [7, 11) is 0. The molecule has 1 N–H and O–H groups in total. The van der Waals surface area contributed by atoms with Gasteiger partial charge in [0.15, 0.2) is 0 Å². The molecule has 2 rings (SSSR count). The van der Waals surface area contributed by atoms with E-state index < -0.39 is 0 Å². The Morgan fingerprint density at radius 3 is 2.80 bits per heavy atom. The fraction of sp³-hybridized carbons (Fsp3) is 0.364. The maximum Gasteiger partial charge on any atom is 0.234 e. The fourth-order valence-electron chi connectivity index (χ4n) is 1.52. The van der Waals surface area contributed by atoms with Crippen LogP contribution >= 0.6 is 22.6 Å². The van der Waals surface area contributed by atoms with E-state index in [1.54, 1.807) is 12.1 Å². The molecule has 1 amide bonds. The topological polar surface area (TPSA) is 29.1 Å². The van der Waals surface area contributed by atoms with Crippen LogP contribution in [0.2, 0.25) is 0 Å². The van der Waals surface area contributed by atoms with Crippen molar-refractivity contribution < 1.29 is 9.18 Å². The highest BCUT2D eigenvalue weighted by atomic mass is 127. The molecule has 0 spiro atoms. The molecule has 1 aromatic rings. The first kappa shape index (κ1) is 10.9. The van der Waals surface area contributed by atoms with Gasteiger partial charge in [0.1, 0.15) is 5.82 Å². The van der Waals surface area contributed by atoms with E-state index in [0.29, 0.717) is 16.0 Å². The van der Waals surface area contributed by atoms with Crippen molar-refractivity contribution in [3.05, 3.63) is 29.6 Å². The predicted molar refractivity (Wildman–Crippen MR) is 65.9 cm³/mol. The molecule has 4 heteroatoms. The zero-order chi connectivity index (χ0) is 10.8. The van der Waals surface area contributed by atoms with Crippen LogP contribution in [0.15, 0.2) is 18.2 Å². The number of amides is 1. The molecule has 1 aliphatic carbocycles. The summed E-state index contributed by atoms with van der Waals surface area (Å²) in [6.07, 6.45) is 2.16. The van der Waals surface area contributed by atoms with Gasteiger partial charge in [0, 0.05) is 5.69 Å². The lowest BCUT2D eigenvalue weighted by Gasteiger charge is -2.05. The molecule has 80 valence electrons. The van der Waals surface area contributed by atoms with Crippen LogP contribution < -0.4 is 5.32 Å². The normalized spacial score (nSPS) is 15.1. The highest BCUT2D eigenvalue weighted by Gasteiger charge is 2.26. The summed E-state index contributed by atoms with van der Waals surface area (Å²) >= 11 is 1.97. The first-order chi connectivity index (χ1) is 7.20. The summed E-state index contributed by atoms with van der Waals surface area (Å²) in [5.41, 5.74) is 1.32. The monoisotopic (exact) mass is 319 g/mol. The largest absolute Gasteiger partial charge is 0.325 e. The number of rotatable bonds is 3. The molecule has 0 bridgehead atoms. The molecule has 2 nitrogen and oxygen atoms in total. The van der Waals surface area contributed by atoms with E-state index in [-0.39, 0.29) is 11.7 Å². The van der Waals surface area contributed by atoms with Crippen molar-refractivity contribution in [2.45, 2.75) is 18.8 Å². The molecule has 0 unspecified atom stereocenters. The molecule has 1 aliphatic rings. The lowest BCUT2D eigenvalue weighted by Crippen LogP contribution is -2.12. The zero-order valence-electron chi connectivity index (χ0n) is 8.09. The van der Waals surface area contributed by atoms with E-state index in [2.05, 4.69) is 5.32 Å². The summed E-state index contributed by atoms with van der Waals surface area (Å²) in [6.45, 7) is 0. The number of carbonyl (C=O) groups excluding carboxylic acids is 1. The van der Waals surface area contributed by atoms with Gasteiger partial charge in [0.2, 0.25) is 5.91 Å². The van der Waals surface area contributed by atoms with Crippen molar-refractivity contribution >= 4 is 34.2 Å².